The first-order valence-corrected chi connectivity index (χ1v) is 9.33. The Labute approximate surface area is 154 Å². The molecule has 26 heavy (non-hydrogen) atoms. The molecule has 2 aromatic rings. The highest BCUT2D eigenvalue weighted by molar-refractivity contribution is 5.88. The molecular weight excluding hydrogens is 328 g/mol. The zero-order chi connectivity index (χ0) is 18.7. The van der Waals surface area contributed by atoms with E-state index in [-0.39, 0.29) is 23.8 Å². The van der Waals surface area contributed by atoms with Gasteiger partial charge in [0.05, 0.1) is 12.6 Å². The number of nitrogens with zero attached hydrogens (tertiary/aromatic N) is 1. The SMILES string of the molecule is CCOC(=O)c1cccn(C2CCc3c(NC(C)CC)cccc32)c1=O. The lowest BCUT2D eigenvalue weighted by molar-refractivity contribution is 0.0523. The van der Waals surface area contributed by atoms with Crippen LogP contribution < -0.4 is 10.9 Å². The topological polar surface area (TPSA) is 60.3 Å². The summed E-state index contributed by atoms with van der Waals surface area (Å²) >= 11 is 0. The number of fused-ring (bicyclic) bond motifs is 1. The number of ether oxygens (including phenoxy) is 1. The number of anilines is 1. The second kappa shape index (κ2) is 7.77. The van der Waals surface area contributed by atoms with Gasteiger partial charge in [0.15, 0.2) is 0 Å². The van der Waals surface area contributed by atoms with Gasteiger partial charge >= 0.3 is 5.97 Å². The molecule has 0 saturated heterocycles. The van der Waals surface area contributed by atoms with Crippen LogP contribution in [0.25, 0.3) is 0 Å². The number of rotatable bonds is 6. The van der Waals surface area contributed by atoms with Crippen molar-refractivity contribution in [3.8, 4) is 0 Å². The van der Waals surface area contributed by atoms with Gasteiger partial charge in [0.2, 0.25) is 0 Å². The molecule has 0 saturated carbocycles. The van der Waals surface area contributed by atoms with E-state index < -0.39 is 5.97 Å². The predicted octanol–water partition coefficient (Wildman–Crippen LogP) is 3.77. The molecule has 0 amide bonds. The van der Waals surface area contributed by atoms with Crippen molar-refractivity contribution in [3.63, 3.8) is 0 Å². The molecule has 0 spiro atoms. The maximum atomic E-state index is 12.8. The van der Waals surface area contributed by atoms with E-state index in [1.165, 1.54) is 11.6 Å². The third-order valence-electron chi connectivity index (χ3n) is 5.06. The van der Waals surface area contributed by atoms with Crippen LogP contribution in [-0.2, 0) is 11.2 Å². The first-order valence-electron chi connectivity index (χ1n) is 9.33. The van der Waals surface area contributed by atoms with Crippen LogP contribution in [0.15, 0.2) is 41.3 Å². The summed E-state index contributed by atoms with van der Waals surface area (Å²) in [5.41, 5.74) is 3.38. The highest BCUT2D eigenvalue weighted by Gasteiger charge is 2.28. The second-order valence-electron chi connectivity index (χ2n) is 6.74. The molecule has 1 aliphatic rings. The summed E-state index contributed by atoms with van der Waals surface area (Å²) in [7, 11) is 0. The minimum absolute atomic E-state index is 0.0504. The summed E-state index contributed by atoms with van der Waals surface area (Å²) in [6.07, 6.45) is 4.57. The summed E-state index contributed by atoms with van der Waals surface area (Å²) in [6.45, 7) is 6.31. The molecule has 1 aliphatic carbocycles. The van der Waals surface area contributed by atoms with Crippen molar-refractivity contribution in [2.24, 2.45) is 0 Å². The molecule has 1 N–H and O–H groups in total. The molecule has 5 nitrogen and oxygen atoms in total. The number of hydrogen-bond acceptors (Lipinski definition) is 4. The molecule has 0 aliphatic heterocycles. The van der Waals surface area contributed by atoms with E-state index in [2.05, 4.69) is 31.3 Å². The molecule has 1 aromatic carbocycles. The summed E-state index contributed by atoms with van der Waals surface area (Å²) in [6, 6.07) is 9.84. The van der Waals surface area contributed by atoms with Gasteiger partial charge in [-0.25, -0.2) is 4.79 Å². The van der Waals surface area contributed by atoms with Gasteiger partial charge in [-0.05, 0) is 62.4 Å². The monoisotopic (exact) mass is 354 g/mol. The van der Waals surface area contributed by atoms with Crippen LogP contribution in [0, 0.1) is 0 Å². The van der Waals surface area contributed by atoms with Gasteiger partial charge in [-0.2, -0.15) is 0 Å². The van der Waals surface area contributed by atoms with Gasteiger partial charge in [0, 0.05) is 17.9 Å². The lowest BCUT2D eigenvalue weighted by Gasteiger charge is -2.19. The Bertz CT molecular complexity index is 857. The normalized spacial score (nSPS) is 16.8. The van der Waals surface area contributed by atoms with Crippen LogP contribution in [0.1, 0.15) is 61.1 Å². The molecule has 2 atom stereocenters. The molecule has 2 unspecified atom stereocenters. The fourth-order valence-corrected chi connectivity index (χ4v) is 3.54. The maximum absolute atomic E-state index is 12.8. The number of benzene rings is 1. The summed E-state index contributed by atoms with van der Waals surface area (Å²) in [5, 5.41) is 3.56. The lowest BCUT2D eigenvalue weighted by atomic mass is 10.0. The minimum atomic E-state index is -0.558. The molecule has 138 valence electrons. The molecule has 1 heterocycles. The van der Waals surface area contributed by atoms with E-state index in [0.29, 0.717) is 6.04 Å². The Morgan fingerprint density at radius 1 is 1.31 bits per heavy atom. The standard InChI is InChI=1S/C21H26N2O3/c1-4-14(3)22-18-10-6-8-16-15(18)11-12-19(16)23-13-7-9-17(20(23)24)21(25)26-5-2/h6-10,13-14,19,22H,4-5,11-12H2,1-3H3. The Balaban J connectivity index is 1.98. The Kier molecular flexibility index (Phi) is 5.45. The molecular formula is C21H26N2O3. The van der Waals surface area contributed by atoms with Crippen LogP contribution in [0.5, 0.6) is 0 Å². The predicted molar refractivity (Wildman–Crippen MR) is 103 cm³/mol. The third-order valence-corrected chi connectivity index (χ3v) is 5.06. The average molecular weight is 354 g/mol. The van der Waals surface area contributed by atoms with Crippen LogP contribution >= 0.6 is 0 Å². The molecule has 1 aromatic heterocycles. The van der Waals surface area contributed by atoms with E-state index >= 15 is 0 Å². The number of esters is 1. The van der Waals surface area contributed by atoms with E-state index in [0.717, 1.165) is 30.5 Å². The lowest BCUT2D eigenvalue weighted by Crippen LogP contribution is -2.29. The van der Waals surface area contributed by atoms with Crippen molar-refractivity contribution < 1.29 is 9.53 Å². The van der Waals surface area contributed by atoms with Crippen molar-refractivity contribution in [3.05, 3.63) is 63.6 Å². The van der Waals surface area contributed by atoms with Crippen LogP contribution in [0.4, 0.5) is 5.69 Å². The van der Waals surface area contributed by atoms with Crippen LogP contribution in [0.3, 0.4) is 0 Å². The number of carbonyl (C=O) groups excluding carboxylic acids is 1. The first-order chi connectivity index (χ1) is 12.6. The van der Waals surface area contributed by atoms with Gasteiger partial charge in [-0.3, -0.25) is 4.79 Å². The number of carbonyl (C=O) groups is 1. The quantitative estimate of drug-likeness (QED) is 0.802. The Morgan fingerprint density at radius 3 is 2.85 bits per heavy atom. The summed E-state index contributed by atoms with van der Waals surface area (Å²) < 4.78 is 6.68. The Morgan fingerprint density at radius 2 is 2.12 bits per heavy atom. The molecule has 5 heteroatoms. The highest BCUT2D eigenvalue weighted by atomic mass is 16.5. The van der Waals surface area contributed by atoms with Crippen molar-refractivity contribution >= 4 is 11.7 Å². The van der Waals surface area contributed by atoms with Crippen molar-refractivity contribution in [1.29, 1.82) is 0 Å². The van der Waals surface area contributed by atoms with Gasteiger partial charge < -0.3 is 14.6 Å². The van der Waals surface area contributed by atoms with E-state index in [1.54, 1.807) is 23.8 Å². The van der Waals surface area contributed by atoms with Gasteiger partial charge in [-0.1, -0.05) is 19.1 Å². The van der Waals surface area contributed by atoms with Crippen LogP contribution in [0.2, 0.25) is 0 Å². The largest absolute Gasteiger partial charge is 0.462 e. The fourth-order valence-electron chi connectivity index (χ4n) is 3.54. The van der Waals surface area contributed by atoms with Crippen molar-refractivity contribution in [2.45, 2.75) is 52.1 Å². The smallest absolute Gasteiger partial charge is 0.343 e. The maximum Gasteiger partial charge on any atom is 0.343 e. The number of aromatic nitrogens is 1. The van der Waals surface area contributed by atoms with E-state index in [1.807, 2.05) is 6.07 Å². The summed E-state index contributed by atoms with van der Waals surface area (Å²) in [5.74, 6) is -0.558. The Hall–Kier alpha value is -2.56. The number of nitrogens with one attached hydrogen (secondary N) is 1. The first kappa shape index (κ1) is 18.2. The zero-order valence-corrected chi connectivity index (χ0v) is 15.6. The minimum Gasteiger partial charge on any atom is -0.462 e. The number of pyridine rings is 1. The van der Waals surface area contributed by atoms with Gasteiger partial charge in [0.25, 0.3) is 5.56 Å². The zero-order valence-electron chi connectivity index (χ0n) is 15.6. The molecule has 0 bridgehead atoms. The van der Waals surface area contributed by atoms with Gasteiger partial charge in [-0.15, -0.1) is 0 Å². The van der Waals surface area contributed by atoms with Crippen molar-refractivity contribution in [1.82, 2.24) is 4.57 Å². The molecule has 0 radical (unpaired) electrons. The molecule has 3 rings (SSSR count). The average Bonchev–Trinajstić information content (AvgIpc) is 3.07. The second-order valence-corrected chi connectivity index (χ2v) is 6.74. The van der Waals surface area contributed by atoms with Crippen molar-refractivity contribution in [2.75, 3.05) is 11.9 Å². The van der Waals surface area contributed by atoms with Crippen LogP contribution in [-0.4, -0.2) is 23.2 Å². The highest BCUT2D eigenvalue weighted by Crippen LogP contribution is 2.37. The van der Waals surface area contributed by atoms with E-state index in [4.69, 9.17) is 4.74 Å². The molecule has 0 fully saturated rings. The van der Waals surface area contributed by atoms with E-state index in [9.17, 15) is 9.59 Å². The van der Waals surface area contributed by atoms with Gasteiger partial charge in [0.1, 0.15) is 5.56 Å². The third kappa shape index (κ3) is 3.39. The fraction of sp³-hybridized carbons (Fsp3) is 0.429. The summed E-state index contributed by atoms with van der Waals surface area (Å²) in [4.78, 5) is 24.9. The number of hydrogen-bond donors (Lipinski definition) is 1.